The topological polar surface area (TPSA) is 49.4 Å². The van der Waals surface area contributed by atoms with E-state index in [0.717, 1.165) is 32.0 Å². The molecule has 4 nitrogen and oxygen atoms in total. The minimum absolute atomic E-state index is 0.0273. The molecule has 7 heteroatoms. The standard InChI is InChI=1S/C14H18BrClN2O2S/c15-13-9-12(3-4-14(13)16)21(19,20)17-10-5-7-18(8-6-10)11-1-2-11/h3-4,9-11,17H,1-2,5-8H2. The van der Waals surface area contributed by atoms with Gasteiger partial charge in [0.05, 0.1) is 9.92 Å². The van der Waals surface area contributed by atoms with Crippen molar-refractivity contribution in [3.8, 4) is 0 Å². The minimum Gasteiger partial charge on any atom is -0.300 e. The number of benzene rings is 1. The Labute approximate surface area is 139 Å². The van der Waals surface area contributed by atoms with Crippen LogP contribution in [-0.2, 0) is 10.0 Å². The summed E-state index contributed by atoms with van der Waals surface area (Å²) in [6.45, 7) is 1.98. The van der Waals surface area contributed by atoms with Gasteiger partial charge >= 0.3 is 0 Å². The maximum Gasteiger partial charge on any atom is 0.240 e. The molecule has 2 aliphatic rings. The quantitative estimate of drug-likeness (QED) is 0.855. The average molecular weight is 394 g/mol. The van der Waals surface area contributed by atoms with Crippen LogP contribution in [0.1, 0.15) is 25.7 Å². The van der Waals surface area contributed by atoms with Crippen LogP contribution < -0.4 is 4.72 Å². The summed E-state index contributed by atoms with van der Waals surface area (Å²) < 4.78 is 28.2. The summed E-state index contributed by atoms with van der Waals surface area (Å²) in [5, 5.41) is 0.506. The Bertz CT molecular complexity index is 626. The van der Waals surface area contributed by atoms with Gasteiger partial charge in [0.25, 0.3) is 0 Å². The smallest absolute Gasteiger partial charge is 0.240 e. The molecule has 3 rings (SSSR count). The van der Waals surface area contributed by atoms with Gasteiger partial charge in [-0.2, -0.15) is 0 Å². The van der Waals surface area contributed by atoms with Crippen LogP contribution in [-0.4, -0.2) is 38.5 Å². The lowest BCUT2D eigenvalue weighted by Crippen LogP contribution is -2.45. The van der Waals surface area contributed by atoms with E-state index in [1.54, 1.807) is 12.1 Å². The lowest BCUT2D eigenvalue weighted by Gasteiger charge is -2.32. The summed E-state index contributed by atoms with van der Waals surface area (Å²) in [5.41, 5.74) is 0. The van der Waals surface area contributed by atoms with E-state index >= 15 is 0 Å². The van der Waals surface area contributed by atoms with Gasteiger partial charge in [-0.05, 0) is 72.9 Å². The van der Waals surface area contributed by atoms with Gasteiger partial charge in [-0.25, -0.2) is 13.1 Å². The van der Waals surface area contributed by atoms with E-state index in [4.69, 9.17) is 11.6 Å². The molecule has 1 heterocycles. The molecule has 0 bridgehead atoms. The van der Waals surface area contributed by atoms with Crippen LogP contribution in [0.3, 0.4) is 0 Å². The molecule has 0 atom stereocenters. The monoisotopic (exact) mass is 392 g/mol. The van der Waals surface area contributed by atoms with E-state index < -0.39 is 10.0 Å². The fourth-order valence-electron chi connectivity index (χ4n) is 2.75. The van der Waals surface area contributed by atoms with Crippen LogP contribution >= 0.6 is 27.5 Å². The highest BCUT2D eigenvalue weighted by atomic mass is 79.9. The zero-order chi connectivity index (χ0) is 15.0. The van der Waals surface area contributed by atoms with Crippen molar-refractivity contribution in [2.75, 3.05) is 13.1 Å². The van der Waals surface area contributed by atoms with Gasteiger partial charge in [0, 0.05) is 16.6 Å². The second kappa shape index (κ2) is 6.16. The highest BCUT2D eigenvalue weighted by Gasteiger charge is 2.33. The Balaban J connectivity index is 1.64. The Morgan fingerprint density at radius 2 is 1.86 bits per heavy atom. The number of nitrogens with zero attached hydrogens (tertiary/aromatic N) is 1. The van der Waals surface area contributed by atoms with Gasteiger partial charge in [-0.15, -0.1) is 0 Å². The fraction of sp³-hybridized carbons (Fsp3) is 0.571. The van der Waals surface area contributed by atoms with E-state index in [1.165, 1.54) is 18.9 Å². The maximum absolute atomic E-state index is 12.4. The third kappa shape index (κ3) is 3.79. The van der Waals surface area contributed by atoms with Crippen molar-refractivity contribution < 1.29 is 8.42 Å². The Hall–Kier alpha value is -0.140. The van der Waals surface area contributed by atoms with Crippen molar-refractivity contribution in [1.82, 2.24) is 9.62 Å². The summed E-state index contributed by atoms with van der Waals surface area (Å²) >= 11 is 9.17. The van der Waals surface area contributed by atoms with Crippen LogP contribution in [0, 0.1) is 0 Å². The van der Waals surface area contributed by atoms with Crippen LogP contribution in [0.15, 0.2) is 27.6 Å². The molecular weight excluding hydrogens is 376 g/mol. The first-order valence-electron chi connectivity index (χ1n) is 7.17. The first kappa shape index (κ1) is 15.7. The molecule has 0 aromatic heterocycles. The molecule has 0 radical (unpaired) electrons. The molecular formula is C14H18BrClN2O2S. The summed E-state index contributed by atoms with van der Waals surface area (Å²) in [7, 11) is -3.48. The fourth-order valence-corrected chi connectivity index (χ4v) is 4.73. The van der Waals surface area contributed by atoms with Crippen molar-refractivity contribution in [2.24, 2.45) is 0 Å². The number of hydrogen-bond donors (Lipinski definition) is 1. The van der Waals surface area contributed by atoms with Gasteiger partial charge in [-0.3, -0.25) is 0 Å². The third-order valence-electron chi connectivity index (χ3n) is 4.12. The van der Waals surface area contributed by atoms with Crippen LogP contribution in [0.25, 0.3) is 0 Å². The molecule has 1 aliphatic carbocycles. The number of hydrogen-bond acceptors (Lipinski definition) is 3. The lowest BCUT2D eigenvalue weighted by atomic mass is 10.1. The Kier molecular flexibility index (Phi) is 4.62. The Morgan fingerprint density at radius 3 is 2.43 bits per heavy atom. The van der Waals surface area contributed by atoms with E-state index in [0.29, 0.717) is 9.50 Å². The third-order valence-corrected chi connectivity index (χ3v) is 6.85. The van der Waals surface area contributed by atoms with Gasteiger partial charge in [0.15, 0.2) is 0 Å². The van der Waals surface area contributed by atoms with Gasteiger partial charge in [0.2, 0.25) is 10.0 Å². The molecule has 0 unspecified atom stereocenters. The van der Waals surface area contributed by atoms with Crippen molar-refractivity contribution in [3.05, 3.63) is 27.7 Å². The number of sulfonamides is 1. The highest BCUT2D eigenvalue weighted by Crippen LogP contribution is 2.30. The summed E-state index contributed by atoms with van der Waals surface area (Å²) in [6.07, 6.45) is 4.36. The van der Waals surface area contributed by atoms with Crippen molar-refractivity contribution >= 4 is 37.6 Å². The second-order valence-corrected chi connectivity index (χ2v) is 8.71. The van der Waals surface area contributed by atoms with E-state index in [9.17, 15) is 8.42 Å². The zero-order valence-corrected chi connectivity index (χ0v) is 14.7. The molecule has 116 valence electrons. The molecule has 1 saturated carbocycles. The van der Waals surface area contributed by atoms with Gasteiger partial charge < -0.3 is 4.90 Å². The van der Waals surface area contributed by atoms with Crippen molar-refractivity contribution in [1.29, 1.82) is 0 Å². The second-order valence-electron chi connectivity index (χ2n) is 5.74. The molecule has 2 fully saturated rings. The van der Waals surface area contributed by atoms with Gasteiger partial charge in [0.1, 0.15) is 0 Å². The molecule has 1 aromatic carbocycles. The lowest BCUT2D eigenvalue weighted by molar-refractivity contribution is 0.199. The van der Waals surface area contributed by atoms with Crippen molar-refractivity contribution in [3.63, 3.8) is 0 Å². The van der Waals surface area contributed by atoms with Crippen LogP contribution in [0.2, 0.25) is 5.02 Å². The highest BCUT2D eigenvalue weighted by molar-refractivity contribution is 9.10. The number of piperidine rings is 1. The number of rotatable bonds is 4. The van der Waals surface area contributed by atoms with Gasteiger partial charge in [-0.1, -0.05) is 11.6 Å². The molecule has 0 amide bonds. The zero-order valence-electron chi connectivity index (χ0n) is 11.6. The molecule has 21 heavy (non-hydrogen) atoms. The van der Waals surface area contributed by atoms with E-state index in [2.05, 4.69) is 25.6 Å². The molecule has 1 saturated heterocycles. The minimum atomic E-state index is -3.48. The van der Waals surface area contributed by atoms with Crippen molar-refractivity contribution in [2.45, 2.75) is 42.7 Å². The average Bonchev–Trinajstić information content (AvgIpc) is 3.27. The summed E-state index contributed by atoms with van der Waals surface area (Å²) in [5.74, 6) is 0. The SMILES string of the molecule is O=S(=O)(NC1CCN(C2CC2)CC1)c1ccc(Cl)c(Br)c1. The number of nitrogens with one attached hydrogen (secondary N) is 1. The molecule has 1 aliphatic heterocycles. The predicted molar refractivity (Wildman–Crippen MR) is 87.1 cm³/mol. The molecule has 1 N–H and O–H groups in total. The Morgan fingerprint density at radius 1 is 1.19 bits per heavy atom. The predicted octanol–water partition coefficient (Wildman–Crippen LogP) is 3.01. The number of likely N-dealkylation sites (tertiary alicyclic amines) is 1. The van der Waals surface area contributed by atoms with E-state index in [1.807, 2.05) is 0 Å². The summed E-state index contributed by atoms with van der Waals surface area (Å²) in [6, 6.07) is 5.46. The van der Waals surface area contributed by atoms with Crippen LogP contribution in [0.4, 0.5) is 0 Å². The van der Waals surface area contributed by atoms with E-state index in [-0.39, 0.29) is 10.9 Å². The normalized spacial score (nSPS) is 21.6. The first-order chi connectivity index (χ1) is 9.95. The summed E-state index contributed by atoms with van der Waals surface area (Å²) in [4.78, 5) is 2.73. The largest absolute Gasteiger partial charge is 0.300 e. The maximum atomic E-state index is 12.4. The number of halogens is 2. The van der Waals surface area contributed by atoms with Crippen LogP contribution in [0.5, 0.6) is 0 Å². The molecule has 0 spiro atoms. The first-order valence-corrected chi connectivity index (χ1v) is 9.82. The molecule has 1 aromatic rings.